The van der Waals surface area contributed by atoms with Crippen molar-refractivity contribution >= 4 is 5.91 Å². The van der Waals surface area contributed by atoms with Crippen LogP contribution in [-0.4, -0.2) is 51.3 Å². The average molecular weight is 393 g/mol. The quantitative estimate of drug-likeness (QED) is 0.697. The maximum atomic E-state index is 13.4. The van der Waals surface area contributed by atoms with Crippen molar-refractivity contribution in [2.24, 2.45) is 5.73 Å². The number of nitrogens with zero attached hydrogens (tertiary/aromatic N) is 3. The third kappa shape index (κ3) is 4.05. The average Bonchev–Trinajstić information content (AvgIpc) is 3.44. The van der Waals surface area contributed by atoms with Crippen LogP contribution in [0.25, 0.3) is 22.5 Å². The van der Waals surface area contributed by atoms with E-state index in [9.17, 15) is 9.18 Å². The fourth-order valence-electron chi connectivity index (χ4n) is 3.72. The zero-order chi connectivity index (χ0) is 20.4. The number of likely N-dealkylation sites (tertiary alicyclic amines) is 1. The van der Waals surface area contributed by atoms with Crippen molar-refractivity contribution in [2.75, 3.05) is 13.1 Å². The van der Waals surface area contributed by atoms with Crippen LogP contribution in [0.1, 0.15) is 24.8 Å². The molecule has 3 aromatic rings. The summed E-state index contributed by atoms with van der Waals surface area (Å²) in [6.45, 7) is 2.53. The lowest BCUT2D eigenvalue weighted by molar-refractivity contribution is -0.132. The fraction of sp³-hybridized carbons (Fsp3) is 0.318. The second-order valence-corrected chi connectivity index (χ2v) is 7.52. The van der Waals surface area contributed by atoms with E-state index >= 15 is 0 Å². The molecule has 1 amide bonds. The number of benzene rings is 2. The molecule has 1 aliphatic heterocycles. The first-order valence-corrected chi connectivity index (χ1v) is 9.77. The first-order chi connectivity index (χ1) is 14.0. The first-order valence-electron chi connectivity index (χ1n) is 9.77. The molecule has 1 aromatic heterocycles. The van der Waals surface area contributed by atoms with Crippen LogP contribution in [-0.2, 0) is 4.79 Å². The van der Waals surface area contributed by atoms with Crippen LogP contribution in [0.5, 0.6) is 0 Å². The molecule has 29 heavy (non-hydrogen) atoms. The summed E-state index contributed by atoms with van der Waals surface area (Å²) in [5.74, 6) is 0.385. The van der Waals surface area contributed by atoms with Crippen molar-refractivity contribution in [3.05, 3.63) is 60.4 Å². The van der Waals surface area contributed by atoms with Gasteiger partial charge in [-0.2, -0.15) is 5.10 Å². The van der Waals surface area contributed by atoms with Crippen molar-refractivity contribution in [2.45, 2.75) is 31.5 Å². The van der Waals surface area contributed by atoms with Crippen LogP contribution < -0.4 is 5.73 Å². The highest BCUT2D eigenvalue weighted by molar-refractivity contribution is 5.83. The van der Waals surface area contributed by atoms with Crippen molar-refractivity contribution in [3.8, 4) is 22.5 Å². The molecule has 3 N–H and O–H groups in total. The molecule has 1 saturated heterocycles. The maximum Gasteiger partial charge on any atom is 0.240 e. The number of rotatable bonds is 5. The van der Waals surface area contributed by atoms with E-state index in [0.29, 0.717) is 13.0 Å². The second-order valence-electron chi connectivity index (χ2n) is 7.52. The van der Waals surface area contributed by atoms with Gasteiger partial charge in [0.15, 0.2) is 5.82 Å². The van der Waals surface area contributed by atoms with Crippen LogP contribution in [0, 0.1) is 0 Å². The number of hydrogen-bond donors (Lipinski definition) is 2. The van der Waals surface area contributed by atoms with Gasteiger partial charge in [-0.05, 0) is 29.2 Å². The summed E-state index contributed by atoms with van der Waals surface area (Å²) in [5.41, 5.74) is 10.3. The highest BCUT2D eigenvalue weighted by Gasteiger charge is 2.32. The molecule has 1 aliphatic rings. The SMILES string of the molecule is C[C@@H](c1ccc(-c2cccc(-c3ncn[nH]3)c2)cc1)[C@H](N)C(=O)N1CC[C@H](F)C1. The van der Waals surface area contributed by atoms with E-state index in [0.717, 1.165) is 28.1 Å². The van der Waals surface area contributed by atoms with Crippen LogP contribution in [0.3, 0.4) is 0 Å². The van der Waals surface area contributed by atoms with E-state index in [2.05, 4.69) is 21.2 Å². The number of aromatic nitrogens is 3. The lowest BCUT2D eigenvalue weighted by Crippen LogP contribution is -2.45. The number of carbonyl (C=O) groups excluding carboxylic acids is 1. The van der Waals surface area contributed by atoms with E-state index in [1.165, 1.54) is 11.2 Å². The van der Waals surface area contributed by atoms with Crippen LogP contribution in [0.15, 0.2) is 54.9 Å². The summed E-state index contributed by atoms with van der Waals surface area (Å²) in [7, 11) is 0. The molecule has 2 aromatic carbocycles. The van der Waals surface area contributed by atoms with Gasteiger partial charge in [-0.25, -0.2) is 9.37 Å². The van der Waals surface area contributed by atoms with E-state index in [4.69, 9.17) is 5.73 Å². The lowest BCUT2D eigenvalue weighted by Gasteiger charge is -2.25. The van der Waals surface area contributed by atoms with Crippen molar-refractivity contribution < 1.29 is 9.18 Å². The minimum absolute atomic E-state index is 0.153. The summed E-state index contributed by atoms with van der Waals surface area (Å²) < 4.78 is 13.4. The number of nitrogens with one attached hydrogen (secondary N) is 1. The van der Waals surface area contributed by atoms with Crippen molar-refractivity contribution in [1.29, 1.82) is 0 Å². The number of alkyl halides is 1. The van der Waals surface area contributed by atoms with Gasteiger partial charge in [0.1, 0.15) is 12.5 Å². The van der Waals surface area contributed by atoms with Crippen molar-refractivity contribution in [1.82, 2.24) is 20.1 Å². The highest BCUT2D eigenvalue weighted by atomic mass is 19.1. The Morgan fingerprint density at radius 3 is 2.62 bits per heavy atom. The van der Waals surface area contributed by atoms with E-state index < -0.39 is 12.2 Å². The molecule has 0 radical (unpaired) electrons. The molecule has 6 nitrogen and oxygen atoms in total. The summed E-state index contributed by atoms with van der Waals surface area (Å²) in [5, 5.41) is 6.77. The number of aromatic amines is 1. The molecular formula is C22H24FN5O. The Labute approximate surface area is 169 Å². The molecule has 1 fully saturated rings. The predicted octanol–water partition coefficient (Wildman–Crippen LogP) is 3.14. The summed E-state index contributed by atoms with van der Waals surface area (Å²) in [6.07, 6.45) is 0.946. The summed E-state index contributed by atoms with van der Waals surface area (Å²) in [6, 6.07) is 15.4. The standard InChI is InChI=1S/C22H24FN5O/c1-14(20(24)22(29)28-10-9-19(23)12-28)15-5-7-16(8-6-15)17-3-2-4-18(11-17)21-25-13-26-27-21/h2-8,11,13-14,19-20H,9-10,12,24H2,1H3,(H,25,26,27)/t14-,19-,20-/m0/s1. The van der Waals surface area contributed by atoms with E-state index in [1.807, 2.05) is 49.4 Å². The van der Waals surface area contributed by atoms with Gasteiger partial charge in [0.25, 0.3) is 0 Å². The fourth-order valence-corrected chi connectivity index (χ4v) is 3.72. The van der Waals surface area contributed by atoms with E-state index in [1.54, 1.807) is 0 Å². The maximum absolute atomic E-state index is 13.4. The van der Waals surface area contributed by atoms with Gasteiger partial charge >= 0.3 is 0 Å². The molecule has 4 rings (SSSR count). The summed E-state index contributed by atoms with van der Waals surface area (Å²) in [4.78, 5) is 18.3. The van der Waals surface area contributed by atoms with Crippen LogP contribution in [0.2, 0.25) is 0 Å². The van der Waals surface area contributed by atoms with Gasteiger partial charge in [-0.15, -0.1) is 0 Å². The lowest BCUT2D eigenvalue weighted by atomic mass is 9.91. The Hall–Kier alpha value is -3.06. The second kappa shape index (κ2) is 8.13. The predicted molar refractivity (Wildman–Crippen MR) is 110 cm³/mol. The number of H-pyrrole nitrogens is 1. The van der Waals surface area contributed by atoms with Gasteiger partial charge in [-0.3, -0.25) is 9.89 Å². The number of nitrogens with two attached hydrogens (primary N) is 1. The normalized spacial score (nSPS) is 18.6. The monoisotopic (exact) mass is 393 g/mol. The largest absolute Gasteiger partial charge is 0.338 e. The smallest absolute Gasteiger partial charge is 0.240 e. The molecular weight excluding hydrogens is 369 g/mol. The topological polar surface area (TPSA) is 87.9 Å². The molecule has 0 bridgehead atoms. The minimum atomic E-state index is -0.937. The zero-order valence-electron chi connectivity index (χ0n) is 16.3. The minimum Gasteiger partial charge on any atom is -0.338 e. The van der Waals surface area contributed by atoms with Gasteiger partial charge in [0.2, 0.25) is 5.91 Å². The Kier molecular flexibility index (Phi) is 5.40. The van der Waals surface area contributed by atoms with Gasteiger partial charge in [0.05, 0.1) is 12.6 Å². The Balaban J connectivity index is 1.49. The summed E-state index contributed by atoms with van der Waals surface area (Å²) >= 11 is 0. The number of halogens is 1. The number of carbonyl (C=O) groups is 1. The zero-order valence-corrected chi connectivity index (χ0v) is 16.3. The molecule has 150 valence electrons. The molecule has 7 heteroatoms. The highest BCUT2D eigenvalue weighted by Crippen LogP contribution is 2.27. The number of hydrogen-bond acceptors (Lipinski definition) is 4. The molecule has 3 atom stereocenters. The van der Waals surface area contributed by atoms with Crippen LogP contribution >= 0.6 is 0 Å². The third-order valence-electron chi connectivity index (χ3n) is 5.59. The molecule has 0 aliphatic carbocycles. The van der Waals surface area contributed by atoms with Gasteiger partial charge < -0.3 is 10.6 Å². The van der Waals surface area contributed by atoms with Gasteiger partial charge in [0, 0.05) is 18.0 Å². The molecule has 2 heterocycles. The first kappa shape index (κ1) is 19.3. The molecule has 0 spiro atoms. The van der Waals surface area contributed by atoms with Crippen LogP contribution in [0.4, 0.5) is 4.39 Å². The van der Waals surface area contributed by atoms with E-state index in [-0.39, 0.29) is 18.4 Å². The Bertz CT molecular complexity index is 973. The third-order valence-corrected chi connectivity index (χ3v) is 5.59. The number of amides is 1. The molecule has 0 unspecified atom stereocenters. The molecule has 0 saturated carbocycles. The van der Waals surface area contributed by atoms with Gasteiger partial charge in [-0.1, -0.05) is 49.4 Å². The van der Waals surface area contributed by atoms with Crippen molar-refractivity contribution in [3.63, 3.8) is 0 Å². The Morgan fingerprint density at radius 1 is 1.21 bits per heavy atom. The Morgan fingerprint density at radius 2 is 1.97 bits per heavy atom.